The van der Waals surface area contributed by atoms with Gasteiger partial charge in [0.25, 0.3) is 0 Å². The second-order valence-electron chi connectivity index (χ2n) is 6.05. The van der Waals surface area contributed by atoms with Gasteiger partial charge in [0.1, 0.15) is 0 Å². The first-order valence-corrected chi connectivity index (χ1v) is 9.81. The summed E-state index contributed by atoms with van der Waals surface area (Å²) in [4.78, 5) is 12.4. The molecule has 3 aromatic rings. The average Bonchev–Trinajstić information content (AvgIpc) is 2.98. The van der Waals surface area contributed by atoms with Crippen LogP contribution in [0.25, 0.3) is 16.9 Å². The fourth-order valence-corrected chi connectivity index (χ4v) is 3.53. The zero-order valence-corrected chi connectivity index (χ0v) is 15.5. The van der Waals surface area contributed by atoms with E-state index < -0.39 is 10.0 Å². The molecule has 0 aliphatic rings. The molecule has 0 aliphatic heterocycles. The summed E-state index contributed by atoms with van der Waals surface area (Å²) in [5.74, 6) is 0.0691. The van der Waals surface area contributed by atoms with Crippen LogP contribution in [0.2, 0.25) is 0 Å². The number of carbonyl (C=O) groups is 1. The molecule has 0 spiro atoms. The topological polar surface area (TPSA) is 82.2 Å². The van der Waals surface area contributed by atoms with Gasteiger partial charge in [-0.1, -0.05) is 37.3 Å². The van der Waals surface area contributed by atoms with Gasteiger partial charge in [-0.15, -0.1) is 0 Å². The zero-order valence-electron chi connectivity index (χ0n) is 14.6. The van der Waals surface area contributed by atoms with E-state index in [-0.39, 0.29) is 10.7 Å². The molecule has 0 atom stereocenters. The number of hydrogen-bond donors (Lipinski definition) is 1. The Kier molecular flexibility index (Phi) is 4.80. The van der Waals surface area contributed by atoms with Gasteiger partial charge in [-0.05, 0) is 42.8 Å². The minimum absolute atomic E-state index is 0.0529. The molecule has 6 heteroatoms. The molecule has 2 aromatic carbocycles. The molecule has 0 fully saturated rings. The SMILES string of the molecule is CCC(=O)c1cc(-c2ccccc2)n(-c2ccc(S(N)(=O)=O)cc2)c1C. The van der Waals surface area contributed by atoms with Crippen molar-refractivity contribution in [3.63, 3.8) is 0 Å². The molecule has 0 bridgehead atoms. The highest BCUT2D eigenvalue weighted by Crippen LogP contribution is 2.30. The molecule has 0 aliphatic carbocycles. The summed E-state index contributed by atoms with van der Waals surface area (Å²) in [5, 5.41) is 5.18. The van der Waals surface area contributed by atoms with Gasteiger partial charge in [-0.25, -0.2) is 13.6 Å². The highest BCUT2D eigenvalue weighted by molar-refractivity contribution is 7.89. The Morgan fingerprint density at radius 1 is 1.04 bits per heavy atom. The smallest absolute Gasteiger partial charge is 0.238 e. The number of aromatic nitrogens is 1. The summed E-state index contributed by atoms with van der Waals surface area (Å²) in [6.45, 7) is 3.73. The molecule has 5 nitrogen and oxygen atoms in total. The van der Waals surface area contributed by atoms with Crippen LogP contribution in [0.4, 0.5) is 0 Å². The minimum Gasteiger partial charge on any atom is -0.313 e. The van der Waals surface area contributed by atoms with E-state index in [1.54, 1.807) is 12.1 Å². The number of sulfonamides is 1. The number of primary sulfonamides is 1. The molecule has 0 saturated heterocycles. The molecule has 0 amide bonds. The first-order chi connectivity index (χ1) is 12.3. The van der Waals surface area contributed by atoms with E-state index in [0.29, 0.717) is 12.0 Å². The van der Waals surface area contributed by atoms with Crippen molar-refractivity contribution in [2.75, 3.05) is 0 Å². The maximum Gasteiger partial charge on any atom is 0.238 e. The predicted octanol–water partition coefficient (Wildman–Crippen LogP) is 3.69. The van der Waals surface area contributed by atoms with E-state index >= 15 is 0 Å². The monoisotopic (exact) mass is 368 g/mol. The van der Waals surface area contributed by atoms with Gasteiger partial charge in [0.15, 0.2) is 5.78 Å². The van der Waals surface area contributed by atoms with E-state index in [2.05, 4.69) is 0 Å². The van der Waals surface area contributed by atoms with Gasteiger partial charge >= 0.3 is 0 Å². The molecule has 134 valence electrons. The number of rotatable bonds is 5. The average molecular weight is 368 g/mol. The summed E-state index contributed by atoms with van der Waals surface area (Å²) >= 11 is 0. The summed E-state index contributed by atoms with van der Waals surface area (Å²) in [5.41, 5.74) is 4.11. The minimum atomic E-state index is -3.75. The van der Waals surface area contributed by atoms with Crippen LogP contribution in [0.15, 0.2) is 65.6 Å². The Morgan fingerprint density at radius 3 is 2.19 bits per heavy atom. The molecule has 2 N–H and O–H groups in total. The van der Waals surface area contributed by atoms with Crippen molar-refractivity contribution in [2.45, 2.75) is 25.2 Å². The van der Waals surface area contributed by atoms with Crippen molar-refractivity contribution < 1.29 is 13.2 Å². The van der Waals surface area contributed by atoms with E-state index in [4.69, 9.17) is 5.14 Å². The first-order valence-electron chi connectivity index (χ1n) is 8.27. The number of hydrogen-bond acceptors (Lipinski definition) is 3. The normalized spacial score (nSPS) is 11.5. The number of nitrogens with two attached hydrogens (primary N) is 1. The molecule has 0 saturated carbocycles. The van der Waals surface area contributed by atoms with Gasteiger partial charge in [-0.3, -0.25) is 4.79 Å². The number of ketones is 1. The molecule has 26 heavy (non-hydrogen) atoms. The van der Waals surface area contributed by atoms with Crippen molar-refractivity contribution in [1.29, 1.82) is 0 Å². The lowest BCUT2D eigenvalue weighted by Gasteiger charge is -2.13. The quantitative estimate of drug-likeness (QED) is 0.697. The number of nitrogens with zero attached hydrogens (tertiary/aromatic N) is 1. The fraction of sp³-hybridized carbons (Fsp3) is 0.150. The van der Waals surface area contributed by atoms with Gasteiger partial charge in [0, 0.05) is 23.4 Å². The van der Waals surface area contributed by atoms with Crippen LogP contribution in [0.3, 0.4) is 0 Å². The third-order valence-electron chi connectivity index (χ3n) is 4.36. The fourth-order valence-electron chi connectivity index (χ4n) is 3.02. The molecule has 1 aromatic heterocycles. The van der Waals surface area contributed by atoms with E-state index in [1.165, 1.54) is 12.1 Å². The Morgan fingerprint density at radius 2 is 1.65 bits per heavy atom. The molecule has 0 unspecified atom stereocenters. The lowest BCUT2D eigenvalue weighted by Crippen LogP contribution is -2.12. The van der Waals surface area contributed by atoms with Gasteiger partial charge in [0.2, 0.25) is 10.0 Å². The Bertz CT molecular complexity index is 1050. The number of Topliss-reactive ketones (excluding diaryl/α,β-unsaturated/α-hetero) is 1. The van der Waals surface area contributed by atoms with Crippen molar-refractivity contribution in [3.05, 3.63) is 71.9 Å². The van der Waals surface area contributed by atoms with Crippen LogP contribution in [0, 0.1) is 6.92 Å². The Balaban J connectivity index is 2.22. The van der Waals surface area contributed by atoms with Crippen LogP contribution in [0.1, 0.15) is 29.4 Å². The summed E-state index contributed by atoms with van der Waals surface area (Å²) in [7, 11) is -3.75. The summed E-state index contributed by atoms with van der Waals surface area (Å²) in [6, 6.07) is 18.0. The lowest BCUT2D eigenvalue weighted by atomic mass is 10.1. The van der Waals surface area contributed by atoms with Crippen molar-refractivity contribution >= 4 is 15.8 Å². The Hall–Kier alpha value is -2.70. The van der Waals surface area contributed by atoms with Crippen LogP contribution in [-0.2, 0) is 10.0 Å². The molecule has 1 heterocycles. The standard InChI is InChI=1S/C20H20N2O3S/c1-3-20(23)18-13-19(15-7-5-4-6-8-15)22(14(18)2)16-9-11-17(12-10-16)26(21,24)25/h4-13H,3H2,1-2H3,(H2,21,24,25). The summed E-state index contributed by atoms with van der Waals surface area (Å²) in [6.07, 6.45) is 0.420. The van der Waals surface area contributed by atoms with Crippen molar-refractivity contribution in [2.24, 2.45) is 5.14 Å². The number of carbonyl (C=O) groups excluding carboxylic acids is 1. The Labute approximate surface area is 153 Å². The highest BCUT2D eigenvalue weighted by atomic mass is 32.2. The largest absolute Gasteiger partial charge is 0.313 e. The van der Waals surface area contributed by atoms with E-state index in [1.807, 2.05) is 54.8 Å². The van der Waals surface area contributed by atoms with Crippen molar-refractivity contribution in [3.8, 4) is 16.9 Å². The van der Waals surface area contributed by atoms with Crippen LogP contribution >= 0.6 is 0 Å². The van der Waals surface area contributed by atoms with E-state index in [9.17, 15) is 13.2 Å². The predicted molar refractivity (Wildman–Crippen MR) is 102 cm³/mol. The van der Waals surface area contributed by atoms with Gasteiger partial charge in [-0.2, -0.15) is 0 Å². The zero-order chi connectivity index (χ0) is 18.9. The molecule has 3 rings (SSSR count). The summed E-state index contributed by atoms with van der Waals surface area (Å²) < 4.78 is 25.0. The molecular formula is C20H20N2O3S. The number of benzene rings is 2. The second-order valence-corrected chi connectivity index (χ2v) is 7.61. The molecule has 0 radical (unpaired) electrons. The van der Waals surface area contributed by atoms with Crippen LogP contribution in [0.5, 0.6) is 0 Å². The van der Waals surface area contributed by atoms with Crippen LogP contribution in [-0.4, -0.2) is 18.8 Å². The van der Waals surface area contributed by atoms with Crippen molar-refractivity contribution in [1.82, 2.24) is 4.57 Å². The highest BCUT2D eigenvalue weighted by Gasteiger charge is 2.19. The second kappa shape index (κ2) is 6.90. The van der Waals surface area contributed by atoms with Gasteiger partial charge < -0.3 is 4.57 Å². The van der Waals surface area contributed by atoms with Crippen LogP contribution < -0.4 is 5.14 Å². The lowest BCUT2D eigenvalue weighted by molar-refractivity contribution is 0.0987. The first kappa shape index (κ1) is 18.1. The maximum atomic E-state index is 12.3. The van der Waals surface area contributed by atoms with Gasteiger partial charge in [0.05, 0.1) is 10.6 Å². The van der Waals surface area contributed by atoms with E-state index in [0.717, 1.165) is 22.6 Å². The third kappa shape index (κ3) is 3.34. The molecular weight excluding hydrogens is 348 g/mol. The third-order valence-corrected chi connectivity index (χ3v) is 5.29. The maximum absolute atomic E-state index is 12.3.